The molecule has 1 atom stereocenters. The molecule has 2 nitrogen and oxygen atoms in total. The van der Waals surface area contributed by atoms with Gasteiger partial charge in [0.25, 0.3) is 0 Å². The largest absolute Gasteiger partial charge is 0.459 e. The second-order valence-corrected chi connectivity index (χ2v) is 3.87. The van der Waals surface area contributed by atoms with Crippen LogP contribution in [0.2, 0.25) is 0 Å². The Kier molecular flexibility index (Phi) is 2.21. The lowest BCUT2D eigenvalue weighted by Crippen LogP contribution is -2.17. The number of ether oxygens (including phenoxy) is 1. The third-order valence-corrected chi connectivity index (χ3v) is 2.09. The minimum Gasteiger partial charge on any atom is -0.459 e. The van der Waals surface area contributed by atoms with E-state index in [1.807, 2.05) is 13.8 Å². The Morgan fingerprint density at radius 3 is 2.64 bits per heavy atom. The summed E-state index contributed by atoms with van der Waals surface area (Å²) in [5.74, 6) is 0.159. The van der Waals surface area contributed by atoms with Crippen molar-refractivity contribution in [2.24, 2.45) is 5.92 Å². The topological polar surface area (TPSA) is 26.3 Å². The van der Waals surface area contributed by atoms with Gasteiger partial charge in [-0.1, -0.05) is 13.3 Å². The van der Waals surface area contributed by atoms with Crippen molar-refractivity contribution in [3.63, 3.8) is 0 Å². The second-order valence-electron chi connectivity index (χ2n) is 3.87. The van der Waals surface area contributed by atoms with Crippen LogP contribution in [0.25, 0.3) is 0 Å². The molecular weight excluding hydrogens is 140 g/mol. The van der Waals surface area contributed by atoms with Gasteiger partial charge in [-0.15, -0.1) is 0 Å². The highest BCUT2D eigenvalue weighted by atomic mass is 16.6. The molecule has 1 heterocycles. The molecule has 0 spiro atoms. The smallest absolute Gasteiger partial charge is 0.309 e. The van der Waals surface area contributed by atoms with E-state index in [1.54, 1.807) is 0 Å². The number of cyclic esters (lactones) is 1. The van der Waals surface area contributed by atoms with Crippen molar-refractivity contribution in [2.75, 3.05) is 0 Å². The summed E-state index contributed by atoms with van der Waals surface area (Å²) in [6, 6.07) is 0. The van der Waals surface area contributed by atoms with Crippen molar-refractivity contribution in [2.45, 2.75) is 45.6 Å². The Morgan fingerprint density at radius 1 is 1.64 bits per heavy atom. The van der Waals surface area contributed by atoms with Crippen LogP contribution in [0.3, 0.4) is 0 Å². The Morgan fingerprint density at radius 2 is 2.27 bits per heavy atom. The molecule has 0 saturated carbocycles. The average molecular weight is 156 g/mol. The molecule has 1 unspecified atom stereocenters. The van der Waals surface area contributed by atoms with Crippen LogP contribution in [0.5, 0.6) is 0 Å². The number of rotatable bonds is 2. The van der Waals surface area contributed by atoms with Crippen LogP contribution in [-0.2, 0) is 9.53 Å². The molecule has 1 fully saturated rings. The lowest BCUT2D eigenvalue weighted by Gasteiger charge is -2.14. The molecule has 11 heavy (non-hydrogen) atoms. The Bertz CT molecular complexity index is 161. The minimum absolute atomic E-state index is 0.00292. The van der Waals surface area contributed by atoms with E-state index in [1.165, 1.54) is 0 Å². The summed E-state index contributed by atoms with van der Waals surface area (Å²) in [6.45, 7) is 6.04. The molecular formula is C9H16O2. The zero-order valence-electron chi connectivity index (χ0n) is 7.52. The van der Waals surface area contributed by atoms with Crippen LogP contribution in [0.4, 0.5) is 0 Å². The molecule has 1 aliphatic rings. The van der Waals surface area contributed by atoms with E-state index < -0.39 is 0 Å². The molecule has 0 aromatic heterocycles. The minimum atomic E-state index is -0.211. The van der Waals surface area contributed by atoms with Gasteiger partial charge < -0.3 is 4.74 Å². The van der Waals surface area contributed by atoms with Crippen molar-refractivity contribution >= 4 is 5.97 Å². The third kappa shape index (κ3) is 1.95. The SMILES string of the molecule is CCCC1CC(C)(C)OC1=O. The highest BCUT2D eigenvalue weighted by molar-refractivity contribution is 5.75. The normalized spacial score (nSPS) is 28.6. The van der Waals surface area contributed by atoms with Crippen LogP contribution in [0.15, 0.2) is 0 Å². The van der Waals surface area contributed by atoms with Gasteiger partial charge in [0.1, 0.15) is 5.60 Å². The first-order valence-corrected chi connectivity index (χ1v) is 4.28. The maximum absolute atomic E-state index is 11.2. The highest BCUT2D eigenvalue weighted by Crippen LogP contribution is 2.32. The predicted molar refractivity (Wildman–Crippen MR) is 43.2 cm³/mol. The molecule has 64 valence electrons. The zero-order chi connectivity index (χ0) is 8.48. The number of carbonyl (C=O) groups is 1. The maximum Gasteiger partial charge on any atom is 0.309 e. The zero-order valence-corrected chi connectivity index (χ0v) is 7.52. The van der Waals surface area contributed by atoms with Gasteiger partial charge in [0.2, 0.25) is 0 Å². The molecule has 0 amide bonds. The molecule has 1 saturated heterocycles. The Balaban J connectivity index is 2.52. The van der Waals surface area contributed by atoms with Crippen LogP contribution in [0.1, 0.15) is 40.0 Å². The monoisotopic (exact) mass is 156 g/mol. The second kappa shape index (κ2) is 2.84. The standard InChI is InChI=1S/C9H16O2/c1-4-5-7-6-9(2,3)11-8(7)10/h7H,4-6H2,1-3H3. The third-order valence-electron chi connectivity index (χ3n) is 2.09. The molecule has 0 aromatic rings. The summed E-state index contributed by atoms with van der Waals surface area (Å²) >= 11 is 0. The van der Waals surface area contributed by atoms with Crippen molar-refractivity contribution in [1.82, 2.24) is 0 Å². The molecule has 0 aliphatic carbocycles. The molecule has 2 heteroatoms. The van der Waals surface area contributed by atoms with E-state index >= 15 is 0 Å². The molecule has 1 aliphatic heterocycles. The first-order valence-electron chi connectivity index (χ1n) is 4.28. The fourth-order valence-electron chi connectivity index (χ4n) is 1.64. The van der Waals surface area contributed by atoms with E-state index in [4.69, 9.17) is 4.74 Å². The molecule has 0 aromatic carbocycles. The van der Waals surface area contributed by atoms with Crippen LogP contribution in [0, 0.1) is 5.92 Å². The van der Waals surface area contributed by atoms with E-state index in [0.29, 0.717) is 0 Å². The summed E-state index contributed by atoms with van der Waals surface area (Å²) < 4.78 is 5.17. The number of carbonyl (C=O) groups excluding carboxylic acids is 1. The summed E-state index contributed by atoms with van der Waals surface area (Å²) in [5.41, 5.74) is -0.211. The van der Waals surface area contributed by atoms with Gasteiger partial charge in [0.15, 0.2) is 0 Å². The van der Waals surface area contributed by atoms with Crippen LogP contribution < -0.4 is 0 Å². The van der Waals surface area contributed by atoms with Crippen molar-refractivity contribution < 1.29 is 9.53 Å². The molecule has 0 bridgehead atoms. The molecule has 0 radical (unpaired) electrons. The van der Waals surface area contributed by atoms with E-state index in [2.05, 4.69) is 6.92 Å². The number of hydrogen-bond acceptors (Lipinski definition) is 2. The number of hydrogen-bond donors (Lipinski definition) is 0. The molecule has 0 N–H and O–H groups in total. The Labute approximate surface area is 67.9 Å². The van der Waals surface area contributed by atoms with Crippen molar-refractivity contribution in [3.05, 3.63) is 0 Å². The van der Waals surface area contributed by atoms with Gasteiger partial charge in [-0.2, -0.15) is 0 Å². The fraction of sp³-hybridized carbons (Fsp3) is 0.889. The first-order chi connectivity index (χ1) is 5.05. The average Bonchev–Trinajstić information content (AvgIpc) is 2.07. The quantitative estimate of drug-likeness (QED) is 0.572. The maximum atomic E-state index is 11.2. The van der Waals surface area contributed by atoms with Gasteiger partial charge in [-0.25, -0.2) is 0 Å². The van der Waals surface area contributed by atoms with Crippen LogP contribution >= 0.6 is 0 Å². The van der Waals surface area contributed by atoms with E-state index in [9.17, 15) is 4.79 Å². The van der Waals surface area contributed by atoms with E-state index in [0.717, 1.165) is 19.3 Å². The Hall–Kier alpha value is -0.530. The van der Waals surface area contributed by atoms with Gasteiger partial charge >= 0.3 is 5.97 Å². The predicted octanol–water partition coefficient (Wildman–Crippen LogP) is 2.13. The van der Waals surface area contributed by atoms with Crippen LogP contribution in [-0.4, -0.2) is 11.6 Å². The van der Waals surface area contributed by atoms with Gasteiger partial charge in [-0.3, -0.25) is 4.79 Å². The highest BCUT2D eigenvalue weighted by Gasteiger charge is 2.38. The van der Waals surface area contributed by atoms with Gasteiger partial charge in [0.05, 0.1) is 5.92 Å². The van der Waals surface area contributed by atoms with Gasteiger partial charge in [0, 0.05) is 0 Å². The summed E-state index contributed by atoms with van der Waals surface area (Å²) in [7, 11) is 0. The molecule has 1 rings (SSSR count). The van der Waals surface area contributed by atoms with Crippen molar-refractivity contribution in [3.8, 4) is 0 Å². The van der Waals surface area contributed by atoms with Gasteiger partial charge in [-0.05, 0) is 26.7 Å². The van der Waals surface area contributed by atoms with Crippen molar-refractivity contribution in [1.29, 1.82) is 0 Å². The summed E-state index contributed by atoms with van der Waals surface area (Å²) in [6.07, 6.45) is 2.93. The lowest BCUT2D eigenvalue weighted by atomic mass is 9.94. The lowest BCUT2D eigenvalue weighted by molar-refractivity contribution is -0.148. The first kappa shape index (κ1) is 8.57. The fourth-order valence-corrected chi connectivity index (χ4v) is 1.64. The summed E-state index contributed by atoms with van der Waals surface area (Å²) in [4.78, 5) is 11.2. The number of esters is 1. The van der Waals surface area contributed by atoms with E-state index in [-0.39, 0.29) is 17.5 Å². The summed E-state index contributed by atoms with van der Waals surface area (Å²) in [5, 5.41) is 0.